The fourth-order valence-electron chi connectivity index (χ4n) is 3.80. The number of ether oxygens (including phenoxy) is 1. The zero-order chi connectivity index (χ0) is 15.7. The third-order valence-corrected chi connectivity index (χ3v) is 5.74. The van der Waals surface area contributed by atoms with Crippen molar-refractivity contribution in [2.45, 2.75) is 37.9 Å². The molecule has 5 heteroatoms. The van der Waals surface area contributed by atoms with Crippen LogP contribution in [0.25, 0.3) is 0 Å². The van der Waals surface area contributed by atoms with E-state index in [-0.39, 0.29) is 23.5 Å². The van der Waals surface area contributed by atoms with Crippen LogP contribution in [0.2, 0.25) is 5.02 Å². The minimum atomic E-state index is -0.293. The number of aliphatic hydroxyl groups is 1. The molecule has 1 heterocycles. The van der Waals surface area contributed by atoms with E-state index in [1.54, 1.807) is 7.11 Å². The van der Waals surface area contributed by atoms with E-state index >= 15 is 0 Å². The second-order valence-corrected chi connectivity index (χ2v) is 6.77. The van der Waals surface area contributed by atoms with Crippen molar-refractivity contribution in [1.82, 2.24) is 4.90 Å². The van der Waals surface area contributed by atoms with Crippen LogP contribution in [-0.4, -0.2) is 48.3 Å². The van der Waals surface area contributed by atoms with Crippen LogP contribution in [0.4, 0.5) is 0 Å². The quantitative estimate of drug-likeness (QED) is 0.928. The van der Waals surface area contributed by atoms with E-state index in [0.717, 1.165) is 18.4 Å². The van der Waals surface area contributed by atoms with Gasteiger partial charge in [-0.3, -0.25) is 4.79 Å². The SMILES string of the molecule is CO[C@H]1C[C@@H](O)C12CCN(C(=O)Cc1ccccc1Cl)CC2. The Bertz CT molecular complexity index is 555. The number of benzene rings is 1. The largest absolute Gasteiger partial charge is 0.392 e. The summed E-state index contributed by atoms with van der Waals surface area (Å²) in [7, 11) is 1.70. The maximum atomic E-state index is 12.4. The van der Waals surface area contributed by atoms with Crippen molar-refractivity contribution >= 4 is 17.5 Å². The fourth-order valence-corrected chi connectivity index (χ4v) is 4.00. The number of rotatable bonds is 3. The number of aliphatic hydroxyl groups excluding tert-OH is 1. The molecule has 1 saturated heterocycles. The Morgan fingerprint density at radius 2 is 2.09 bits per heavy atom. The van der Waals surface area contributed by atoms with Crippen LogP contribution in [0.15, 0.2) is 24.3 Å². The zero-order valence-electron chi connectivity index (χ0n) is 12.8. The first-order valence-corrected chi connectivity index (χ1v) is 8.16. The maximum Gasteiger partial charge on any atom is 0.227 e. The Balaban J connectivity index is 1.60. The van der Waals surface area contributed by atoms with Gasteiger partial charge in [0.1, 0.15) is 0 Å². The summed E-state index contributed by atoms with van der Waals surface area (Å²) in [5.74, 6) is 0.103. The predicted octanol–water partition coefficient (Wildman–Crippen LogP) is 2.27. The Morgan fingerprint density at radius 3 is 2.68 bits per heavy atom. The zero-order valence-corrected chi connectivity index (χ0v) is 13.6. The van der Waals surface area contributed by atoms with E-state index in [1.165, 1.54) is 0 Å². The monoisotopic (exact) mass is 323 g/mol. The van der Waals surface area contributed by atoms with E-state index in [2.05, 4.69) is 0 Å². The summed E-state index contributed by atoms with van der Waals surface area (Å²) in [6.45, 7) is 1.36. The lowest BCUT2D eigenvalue weighted by Crippen LogP contribution is -2.62. The first-order chi connectivity index (χ1) is 10.6. The minimum Gasteiger partial charge on any atom is -0.392 e. The van der Waals surface area contributed by atoms with Gasteiger partial charge in [-0.25, -0.2) is 0 Å². The third kappa shape index (κ3) is 2.64. The molecular formula is C17H22ClNO3. The van der Waals surface area contributed by atoms with Crippen LogP contribution in [0.1, 0.15) is 24.8 Å². The average Bonchev–Trinajstić information content (AvgIpc) is 2.54. The number of amides is 1. The molecule has 2 aliphatic rings. The molecule has 1 aromatic carbocycles. The Labute approximate surface area is 136 Å². The molecule has 1 aromatic rings. The number of likely N-dealkylation sites (tertiary alicyclic amines) is 1. The molecule has 1 saturated carbocycles. The molecule has 1 spiro atoms. The Kier molecular flexibility index (Phi) is 4.44. The van der Waals surface area contributed by atoms with Gasteiger partial charge >= 0.3 is 0 Å². The molecule has 4 nitrogen and oxygen atoms in total. The number of piperidine rings is 1. The van der Waals surface area contributed by atoms with Crippen LogP contribution in [0.5, 0.6) is 0 Å². The number of carbonyl (C=O) groups is 1. The number of hydrogen-bond acceptors (Lipinski definition) is 3. The minimum absolute atomic E-state index is 0.103. The molecule has 2 fully saturated rings. The second kappa shape index (κ2) is 6.19. The van der Waals surface area contributed by atoms with Crippen LogP contribution >= 0.6 is 11.6 Å². The molecule has 0 radical (unpaired) electrons. The first kappa shape index (κ1) is 15.8. The lowest BCUT2D eigenvalue weighted by Gasteiger charge is -2.56. The van der Waals surface area contributed by atoms with Crippen molar-refractivity contribution in [2.75, 3.05) is 20.2 Å². The van der Waals surface area contributed by atoms with Crippen molar-refractivity contribution < 1.29 is 14.6 Å². The summed E-state index contributed by atoms with van der Waals surface area (Å²) in [6, 6.07) is 7.46. The predicted molar refractivity (Wildman–Crippen MR) is 84.8 cm³/mol. The Morgan fingerprint density at radius 1 is 1.41 bits per heavy atom. The van der Waals surface area contributed by atoms with Gasteiger partial charge in [0.15, 0.2) is 0 Å². The van der Waals surface area contributed by atoms with Crippen LogP contribution < -0.4 is 0 Å². The molecule has 0 bridgehead atoms. The normalized spacial score (nSPS) is 26.8. The average molecular weight is 324 g/mol. The van der Waals surface area contributed by atoms with Crippen molar-refractivity contribution in [3.63, 3.8) is 0 Å². The Hall–Kier alpha value is -1.10. The number of methoxy groups -OCH3 is 1. The second-order valence-electron chi connectivity index (χ2n) is 6.36. The molecule has 0 aromatic heterocycles. The highest BCUT2D eigenvalue weighted by molar-refractivity contribution is 6.31. The number of hydrogen-bond donors (Lipinski definition) is 1. The molecule has 1 aliphatic heterocycles. The molecule has 3 rings (SSSR count). The maximum absolute atomic E-state index is 12.4. The van der Waals surface area contributed by atoms with Gasteiger partial charge in [-0.05, 0) is 24.5 Å². The van der Waals surface area contributed by atoms with E-state index in [4.69, 9.17) is 16.3 Å². The van der Waals surface area contributed by atoms with Crippen molar-refractivity contribution in [2.24, 2.45) is 5.41 Å². The summed E-state index contributed by atoms with van der Waals surface area (Å²) in [4.78, 5) is 14.3. The van der Waals surface area contributed by atoms with E-state index in [9.17, 15) is 9.90 Å². The summed E-state index contributed by atoms with van der Waals surface area (Å²) in [6.07, 6.45) is 2.50. The molecule has 2 atom stereocenters. The lowest BCUT2D eigenvalue weighted by atomic mass is 9.58. The van der Waals surface area contributed by atoms with Crippen LogP contribution in [0, 0.1) is 5.41 Å². The molecule has 120 valence electrons. The van der Waals surface area contributed by atoms with Gasteiger partial charge < -0.3 is 14.7 Å². The van der Waals surface area contributed by atoms with Crippen molar-refractivity contribution in [3.8, 4) is 0 Å². The van der Waals surface area contributed by atoms with Gasteiger partial charge in [0.25, 0.3) is 0 Å². The van der Waals surface area contributed by atoms with Gasteiger partial charge in [-0.15, -0.1) is 0 Å². The molecule has 22 heavy (non-hydrogen) atoms. The highest BCUT2D eigenvalue weighted by Crippen LogP contribution is 2.50. The smallest absolute Gasteiger partial charge is 0.227 e. The molecule has 1 aliphatic carbocycles. The van der Waals surface area contributed by atoms with E-state index < -0.39 is 0 Å². The summed E-state index contributed by atoms with van der Waals surface area (Å²) in [5, 5.41) is 10.8. The van der Waals surface area contributed by atoms with Gasteiger partial charge in [-0.2, -0.15) is 0 Å². The van der Waals surface area contributed by atoms with Gasteiger partial charge in [0.2, 0.25) is 5.91 Å². The van der Waals surface area contributed by atoms with E-state index in [0.29, 0.717) is 31.0 Å². The molecule has 1 N–H and O–H groups in total. The van der Waals surface area contributed by atoms with Gasteiger partial charge in [0.05, 0.1) is 18.6 Å². The standard InChI is InChI=1S/C17H22ClNO3/c1-22-15-11-14(20)17(15)6-8-19(9-7-17)16(21)10-12-4-2-3-5-13(12)18/h2-5,14-15,20H,6-11H2,1H3/t14-,15+/m1/s1. The van der Waals surface area contributed by atoms with Gasteiger partial charge in [0, 0.05) is 37.1 Å². The molecule has 0 unspecified atom stereocenters. The summed E-state index contributed by atoms with van der Waals surface area (Å²) >= 11 is 6.12. The topological polar surface area (TPSA) is 49.8 Å². The number of halogens is 1. The number of nitrogens with zero attached hydrogens (tertiary/aromatic N) is 1. The third-order valence-electron chi connectivity index (χ3n) is 5.37. The van der Waals surface area contributed by atoms with Crippen molar-refractivity contribution in [1.29, 1.82) is 0 Å². The molecule has 1 amide bonds. The van der Waals surface area contributed by atoms with Crippen LogP contribution in [0.3, 0.4) is 0 Å². The molecular weight excluding hydrogens is 302 g/mol. The summed E-state index contributed by atoms with van der Waals surface area (Å²) < 4.78 is 5.48. The van der Waals surface area contributed by atoms with E-state index in [1.807, 2.05) is 29.2 Å². The van der Waals surface area contributed by atoms with Crippen LogP contribution in [-0.2, 0) is 16.0 Å². The fraction of sp³-hybridized carbons (Fsp3) is 0.588. The lowest BCUT2D eigenvalue weighted by molar-refractivity contribution is -0.202. The van der Waals surface area contributed by atoms with Crippen molar-refractivity contribution in [3.05, 3.63) is 34.9 Å². The highest BCUT2D eigenvalue weighted by atomic mass is 35.5. The number of carbonyl (C=O) groups excluding carboxylic acids is 1. The summed E-state index contributed by atoms with van der Waals surface area (Å²) in [5.41, 5.74) is 0.725. The van der Waals surface area contributed by atoms with Gasteiger partial charge in [-0.1, -0.05) is 29.8 Å². The highest BCUT2D eigenvalue weighted by Gasteiger charge is 2.56. The first-order valence-electron chi connectivity index (χ1n) is 7.79.